The van der Waals surface area contributed by atoms with Crippen molar-refractivity contribution in [2.45, 2.75) is 38.5 Å². The summed E-state index contributed by atoms with van der Waals surface area (Å²) in [5, 5.41) is 0. The van der Waals surface area contributed by atoms with Gasteiger partial charge >= 0.3 is 0 Å². The van der Waals surface area contributed by atoms with Crippen molar-refractivity contribution in [2.24, 2.45) is 0 Å². The van der Waals surface area contributed by atoms with E-state index in [9.17, 15) is 0 Å². The van der Waals surface area contributed by atoms with E-state index in [2.05, 4.69) is 206 Å². The molecule has 0 saturated heterocycles. The van der Waals surface area contributed by atoms with Crippen molar-refractivity contribution in [3.05, 3.63) is 186 Å². The first kappa shape index (κ1) is 31.8. The molecule has 2 aliphatic heterocycles. The van der Waals surface area contributed by atoms with Crippen molar-refractivity contribution in [1.82, 2.24) is 19.1 Å². The first-order valence-electron chi connectivity index (χ1n) is 19.1. The average Bonchev–Trinajstić information content (AvgIpc) is 3.81. The molecule has 0 aliphatic carbocycles. The van der Waals surface area contributed by atoms with Crippen molar-refractivity contribution in [3.63, 3.8) is 0 Å². The summed E-state index contributed by atoms with van der Waals surface area (Å²) in [5.41, 5.74) is 16.9. The molecule has 4 heterocycles. The fourth-order valence-corrected chi connectivity index (χ4v) is 9.34. The second-order valence-corrected chi connectivity index (χ2v) is 15.9. The highest BCUT2D eigenvalue weighted by molar-refractivity contribution is 5.96. The summed E-state index contributed by atoms with van der Waals surface area (Å²) >= 11 is 0. The predicted molar refractivity (Wildman–Crippen MR) is 226 cm³/mol. The molecule has 0 radical (unpaired) electrons. The molecule has 2 aromatic heterocycles. The van der Waals surface area contributed by atoms with Gasteiger partial charge in [0.2, 0.25) is 0 Å². The first-order valence-corrected chi connectivity index (χ1v) is 19.1. The highest BCUT2D eigenvalue weighted by atomic mass is 15.2. The van der Waals surface area contributed by atoms with Gasteiger partial charge in [0.25, 0.3) is 0 Å². The molecule has 0 atom stereocenters. The minimum Gasteiger partial charge on any atom is -0.309 e. The van der Waals surface area contributed by atoms with E-state index in [4.69, 9.17) is 9.97 Å². The third-order valence-corrected chi connectivity index (χ3v) is 12.1. The second kappa shape index (κ2) is 11.4. The van der Waals surface area contributed by atoms with Gasteiger partial charge in [-0.15, -0.1) is 0 Å². The summed E-state index contributed by atoms with van der Waals surface area (Å²) in [6.07, 6.45) is 0. The number of nitrogens with zero attached hydrogens (tertiary/aromatic N) is 5. The monoisotopic (exact) mass is 709 g/mol. The van der Waals surface area contributed by atoms with Crippen LogP contribution < -0.4 is 4.90 Å². The summed E-state index contributed by atoms with van der Waals surface area (Å²) in [6, 6.07) is 58.9. The predicted octanol–water partition coefficient (Wildman–Crippen LogP) is 12.4. The lowest BCUT2D eigenvalue weighted by molar-refractivity contribution is 0.597. The molecule has 2 aliphatic rings. The van der Waals surface area contributed by atoms with Crippen LogP contribution in [0.25, 0.3) is 56.2 Å². The lowest BCUT2D eigenvalue weighted by Crippen LogP contribution is -2.38. The van der Waals surface area contributed by atoms with Gasteiger partial charge in [0.1, 0.15) is 11.6 Å². The summed E-state index contributed by atoms with van der Waals surface area (Å²) < 4.78 is 4.59. The Labute approximate surface area is 320 Å². The number of rotatable bonds is 4. The van der Waals surface area contributed by atoms with Crippen molar-refractivity contribution < 1.29 is 0 Å². The molecule has 264 valence electrons. The van der Waals surface area contributed by atoms with Crippen LogP contribution in [0, 0.1) is 0 Å². The van der Waals surface area contributed by atoms with Gasteiger partial charge in [-0.05, 0) is 82.9 Å². The lowest BCUT2D eigenvalue weighted by Gasteiger charge is -2.49. The van der Waals surface area contributed by atoms with E-state index >= 15 is 0 Å². The van der Waals surface area contributed by atoms with Crippen LogP contribution in [0.2, 0.25) is 0 Å². The number of imidazole rings is 2. The summed E-state index contributed by atoms with van der Waals surface area (Å²) in [7, 11) is 0. The Morgan fingerprint density at radius 3 is 1.27 bits per heavy atom. The molecule has 11 rings (SSSR count). The second-order valence-electron chi connectivity index (χ2n) is 15.9. The maximum atomic E-state index is 5.29. The smallest absolute Gasteiger partial charge is 0.145 e. The lowest BCUT2D eigenvalue weighted by atomic mass is 9.66. The third kappa shape index (κ3) is 4.47. The van der Waals surface area contributed by atoms with Crippen molar-refractivity contribution >= 4 is 39.1 Å². The maximum Gasteiger partial charge on any atom is 0.145 e. The summed E-state index contributed by atoms with van der Waals surface area (Å²) in [4.78, 5) is 13.1. The normalized spacial score (nSPS) is 14.8. The van der Waals surface area contributed by atoms with Gasteiger partial charge in [-0.3, -0.25) is 9.13 Å². The molecular formula is C50H39N5. The Balaban J connectivity index is 1.18. The SMILES string of the molecule is CC1(C)c2ccc(-c3nc4ccccc4n3-c3ccccc3)cc2N2c3cc(-c4nc5ccccc5n4-c4ccccc4)ccc3C(C)(C)c3cccc1c32. The maximum absolute atomic E-state index is 5.29. The highest BCUT2D eigenvalue weighted by Crippen LogP contribution is 2.60. The molecule has 0 N–H and O–H groups in total. The van der Waals surface area contributed by atoms with E-state index in [1.165, 1.54) is 39.3 Å². The van der Waals surface area contributed by atoms with Gasteiger partial charge in [-0.1, -0.05) is 131 Å². The molecule has 0 saturated carbocycles. The van der Waals surface area contributed by atoms with Gasteiger partial charge in [-0.2, -0.15) is 0 Å². The number of aromatic nitrogens is 4. The van der Waals surface area contributed by atoms with Crippen LogP contribution in [0.5, 0.6) is 0 Å². The molecule has 0 unspecified atom stereocenters. The topological polar surface area (TPSA) is 38.9 Å². The fraction of sp³-hybridized carbons (Fsp3) is 0.120. The molecule has 9 aromatic rings. The zero-order chi connectivity index (χ0) is 37.1. The Kier molecular flexibility index (Phi) is 6.58. The van der Waals surface area contributed by atoms with Gasteiger partial charge in [0.15, 0.2) is 0 Å². The Morgan fingerprint density at radius 1 is 0.400 bits per heavy atom. The standard InChI is InChI=1S/C50H39N5/c1-49(2)36-28-26-32(47-51-40-22-11-13-24-42(40)53(47)34-16-7-5-8-17-34)30-44(36)55-45-31-33(27-29-37(45)50(3,4)39-21-15-20-38(49)46(39)55)48-52-41-23-12-14-25-43(41)54(48)35-18-9-6-10-19-35/h5-31H,1-4H3. The third-order valence-electron chi connectivity index (χ3n) is 12.1. The van der Waals surface area contributed by atoms with Gasteiger partial charge in [-0.25, -0.2) is 9.97 Å². The van der Waals surface area contributed by atoms with E-state index in [0.29, 0.717) is 0 Å². The number of hydrogen-bond donors (Lipinski definition) is 0. The molecule has 55 heavy (non-hydrogen) atoms. The van der Waals surface area contributed by atoms with Crippen LogP contribution in [0.4, 0.5) is 17.1 Å². The summed E-state index contributed by atoms with van der Waals surface area (Å²) in [5.74, 6) is 1.85. The molecule has 5 nitrogen and oxygen atoms in total. The zero-order valence-corrected chi connectivity index (χ0v) is 31.3. The quantitative estimate of drug-likeness (QED) is 0.183. The number of benzene rings is 7. The number of anilines is 3. The van der Waals surface area contributed by atoms with E-state index in [-0.39, 0.29) is 10.8 Å². The zero-order valence-electron chi connectivity index (χ0n) is 31.3. The molecule has 0 amide bonds. The van der Waals surface area contributed by atoms with E-state index in [1.54, 1.807) is 0 Å². The van der Waals surface area contributed by atoms with Gasteiger partial charge in [0.05, 0.1) is 39.1 Å². The highest BCUT2D eigenvalue weighted by Gasteiger charge is 2.45. The minimum atomic E-state index is -0.234. The first-order chi connectivity index (χ1) is 26.8. The molecule has 0 spiro atoms. The Hall–Kier alpha value is -6.72. The van der Waals surface area contributed by atoms with E-state index in [1.807, 2.05) is 0 Å². The Bertz CT molecular complexity index is 2790. The molecule has 5 heteroatoms. The summed E-state index contributed by atoms with van der Waals surface area (Å²) in [6.45, 7) is 9.50. The molecule has 7 aromatic carbocycles. The van der Waals surface area contributed by atoms with Gasteiger partial charge < -0.3 is 4.90 Å². The van der Waals surface area contributed by atoms with Crippen LogP contribution in [-0.4, -0.2) is 19.1 Å². The number of fused-ring (bicyclic) bond motifs is 6. The van der Waals surface area contributed by atoms with E-state index < -0.39 is 0 Å². The van der Waals surface area contributed by atoms with Crippen molar-refractivity contribution in [1.29, 1.82) is 0 Å². The van der Waals surface area contributed by atoms with Crippen LogP contribution in [0.1, 0.15) is 49.9 Å². The van der Waals surface area contributed by atoms with Gasteiger partial charge in [0, 0.05) is 33.3 Å². The van der Waals surface area contributed by atoms with Crippen LogP contribution in [0.3, 0.4) is 0 Å². The largest absolute Gasteiger partial charge is 0.309 e. The van der Waals surface area contributed by atoms with Crippen LogP contribution >= 0.6 is 0 Å². The van der Waals surface area contributed by atoms with Crippen LogP contribution in [0.15, 0.2) is 164 Å². The Morgan fingerprint density at radius 2 is 0.818 bits per heavy atom. The molecular weight excluding hydrogens is 671 g/mol. The number of hydrogen-bond acceptors (Lipinski definition) is 3. The minimum absolute atomic E-state index is 0.234. The fourth-order valence-electron chi connectivity index (χ4n) is 9.34. The average molecular weight is 710 g/mol. The van der Waals surface area contributed by atoms with Crippen LogP contribution in [-0.2, 0) is 10.8 Å². The van der Waals surface area contributed by atoms with Crippen molar-refractivity contribution in [2.75, 3.05) is 4.90 Å². The number of para-hydroxylation sites is 7. The van der Waals surface area contributed by atoms with Crippen molar-refractivity contribution in [3.8, 4) is 34.2 Å². The molecule has 0 fully saturated rings. The van der Waals surface area contributed by atoms with E-state index in [0.717, 1.165) is 56.2 Å². The molecule has 0 bridgehead atoms.